The molecule has 1 aliphatic heterocycles. The lowest BCUT2D eigenvalue weighted by Gasteiger charge is -2.37. The highest BCUT2D eigenvalue weighted by Gasteiger charge is 2.46. The van der Waals surface area contributed by atoms with Gasteiger partial charge in [-0.15, -0.1) is 0 Å². The Bertz CT molecular complexity index is 220. The van der Waals surface area contributed by atoms with Crippen LogP contribution in [0.25, 0.3) is 0 Å². The minimum absolute atomic E-state index is 0.00535. The SMILES string of the molecule is O=C(NC1CC(F)(F)C1)C1CNC1. The third-order valence-electron chi connectivity index (χ3n) is 2.59. The second-order valence-electron chi connectivity index (χ2n) is 3.82. The van der Waals surface area contributed by atoms with Gasteiger partial charge in [0.1, 0.15) is 0 Å². The molecule has 0 bridgehead atoms. The molecule has 3 nitrogen and oxygen atoms in total. The molecule has 1 amide bonds. The number of carbonyl (C=O) groups is 1. The number of amides is 1. The highest BCUT2D eigenvalue weighted by molar-refractivity contribution is 5.80. The molecule has 2 rings (SSSR count). The molecule has 2 N–H and O–H groups in total. The van der Waals surface area contributed by atoms with Crippen molar-refractivity contribution in [3.63, 3.8) is 0 Å². The van der Waals surface area contributed by atoms with E-state index >= 15 is 0 Å². The zero-order chi connectivity index (χ0) is 9.47. The van der Waals surface area contributed by atoms with Crippen LogP contribution in [0.3, 0.4) is 0 Å². The van der Waals surface area contributed by atoms with Gasteiger partial charge in [0, 0.05) is 32.0 Å². The van der Waals surface area contributed by atoms with Crippen LogP contribution < -0.4 is 10.6 Å². The van der Waals surface area contributed by atoms with Crippen molar-refractivity contribution >= 4 is 5.91 Å². The Morgan fingerprint density at radius 1 is 1.38 bits per heavy atom. The first-order chi connectivity index (χ1) is 6.07. The van der Waals surface area contributed by atoms with Gasteiger partial charge >= 0.3 is 0 Å². The highest BCUT2D eigenvalue weighted by atomic mass is 19.3. The maximum atomic E-state index is 12.4. The maximum absolute atomic E-state index is 12.4. The number of hydrogen-bond acceptors (Lipinski definition) is 2. The predicted molar refractivity (Wildman–Crippen MR) is 42.5 cm³/mol. The molecule has 0 radical (unpaired) electrons. The molecular formula is C8H12F2N2O. The summed E-state index contributed by atoms with van der Waals surface area (Å²) in [4.78, 5) is 11.2. The van der Waals surface area contributed by atoms with Gasteiger partial charge in [0.15, 0.2) is 0 Å². The number of halogens is 2. The lowest BCUT2D eigenvalue weighted by atomic mass is 9.87. The average Bonchev–Trinajstić information content (AvgIpc) is 1.77. The molecule has 2 fully saturated rings. The molecule has 0 atom stereocenters. The second-order valence-corrected chi connectivity index (χ2v) is 3.82. The van der Waals surface area contributed by atoms with E-state index in [4.69, 9.17) is 0 Å². The number of nitrogens with one attached hydrogen (secondary N) is 2. The Hall–Kier alpha value is -0.710. The van der Waals surface area contributed by atoms with Crippen molar-refractivity contribution in [3.8, 4) is 0 Å². The van der Waals surface area contributed by atoms with E-state index in [0.29, 0.717) is 13.1 Å². The Morgan fingerprint density at radius 3 is 2.38 bits per heavy atom. The predicted octanol–water partition coefficient (Wildman–Crippen LogP) is 0.120. The first-order valence-corrected chi connectivity index (χ1v) is 4.46. The zero-order valence-electron chi connectivity index (χ0n) is 7.15. The van der Waals surface area contributed by atoms with Crippen molar-refractivity contribution in [3.05, 3.63) is 0 Å². The van der Waals surface area contributed by atoms with E-state index < -0.39 is 5.92 Å². The lowest BCUT2D eigenvalue weighted by Crippen LogP contribution is -2.57. The van der Waals surface area contributed by atoms with E-state index in [1.807, 2.05) is 0 Å². The maximum Gasteiger partial charge on any atom is 0.252 e. The van der Waals surface area contributed by atoms with Gasteiger partial charge in [-0.05, 0) is 0 Å². The van der Waals surface area contributed by atoms with Gasteiger partial charge in [-0.3, -0.25) is 4.79 Å². The van der Waals surface area contributed by atoms with Crippen molar-refractivity contribution in [2.24, 2.45) is 5.92 Å². The summed E-state index contributed by atoms with van der Waals surface area (Å²) in [5.74, 6) is -2.64. The first-order valence-electron chi connectivity index (χ1n) is 4.46. The molecule has 1 saturated carbocycles. The molecule has 5 heteroatoms. The Labute approximate surface area is 74.9 Å². The van der Waals surface area contributed by atoms with Gasteiger partial charge in [-0.2, -0.15) is 0 Å². The Kier molecular flexibility index (Phi) is 1.98. The molecule has 0 aromatic heterocycles. The number of alkyl halides is 2. The minimum atomic E-state index is -2.55. The molecule has 2 aliphatic rings. The van der Waals surface area contributed by atoms with Crippen LogP contribution in [0.15, 0.2) is 0 Å². The number of rotatable bonds is 2. The van der Waals surface area contributed by atoms with Crippen LogP contribution >= 0.6 is 0 Å². The molecule has 0 aromatic carbocycles. The van der Waals surface area contributed by atoms with Crippen molar-refractivity contribution in [1.82, 2.24) is 10.6 Å². The van der Waals surface area contributed by atoms with E-state index in [1.54, 1.807) is 0 Å². The van der Waals surface area contributed by atoms with E-state index in [9.17, 15) is 13.6 Å². The fraction of sp³-hybridized carbons (Fsp3) is 0.875. The Balaban J connectivity index is 1.71. The summed E-state index contributed by atoms with van der Waals surface area (Å²) in [5, 5.41) is 5.57. The normalized spacial score (nSPS) is 27.5. The van der Waals surface area contributed by atoms with Crippen molar-refractivity contribution in [1.29, 1.82) is 0 Å². The van der Waals surface area contributed by atoms with Crippen LogP contribution in [-0.2, 0) is 4.79 Å². The Morgan fingerprint density at radius 2 is 2.00 bits per heavy atom. The molecular weight excluding hydrogens is 178 g/mol. The summed E-state index contributed by atoms with van der Waals surface area (Å²) in [5.41, 5.74) is 0. The second kappa shape index (κ2) is 2.90. The number of hydrogen-bond donors (Lipinski definition) is 2. The highest BCUT2D eigenvalue weighted by Crippen LogP contribution is 2.37. The van der Waals surface area contributed by atoms with Gasteiger partial charge < -0.3 is 10.6 Å². The molecule has 1 aliphatic carbocycles. The van der Waals surface area contributed by atoms with E-state index in [-0.39, 0.29) is 30.7 Å². The smallest absolute Gasteiger partial charge is 0.252 e. The van der Waals surface area contributed by atoms with Gasteiger partial charge in [-0.25, -0.2) is 8.78 Å². The fourth-order valence-corrected chi connectivity index (χ4v) is 1.56. The summed E-state index contributed by atoms with van der Waals surface area (Å²) >= 11 is 0. The summed E-state index contributed by atoms with van der Waals surface area (Å²) in [6.45, 7) is 1.35. The van der Waals surface area contributed by atoms with Crippen molar-refractivity contribution < 1.29 is 13.6 Å². The van der Waals surface area contributed by atoms with Crippen molar-refractivity contribution in [2.75, 3.05) is 13.1 Å². The van der Waals surface area contributed by atoms with Crippen LogP contribution in [0, 0.1) is 5.92 Å². The lowest BCUT2D eigenvalue weighted by molar-refractivity contribution is -0.134. The summed E-state index contributed by atoms with van der Waals surface area (Å²) in [6.07, 6.45) is -0.391. The molecule has 13 heavy (non-hydrogen) atoms. The zero-order valence-corrected chi connectivity index (χ0v) is 7.15. The van der Waals surface area contributed by atoms with Crippen LogP contribution in [0.5, 0.6) is 0 Å². The van der Waals surface area contributed by atoms with Gasteiger partial charge in [0.05, 0.1) is 5.92 Å². The van der Waals surface area contributed by atoms with Gasteiger partial charge in [0.25, 0.3) is 5.92 Å². The van der Waals surface area contributed by atoms with E-state index in [1.165, 1.54) is 0 Å². The molecule has 0 unspecified atom stereocenters. The van der Waals surface area contributed by atoms with E-state index in [2.05, 4.69) is 10.6 Å². The van der Waals surface area contributed by atoms with Gasteiger partial charge in [0.2, 0.25) is 5.91 Å². The summed E-state index contributed by atoms with van der Waals surface area (Å²) in [6, 6.07) is -0.303. The van der Waals surface area contributed by atoms with Crippen LogP contribution in [0.1, 0.15) is 12.8 Å². The van der Waals surface area contributed by atoms with Gasteiger partial charge in [-0.1, -0.05) is 0 Å². The standard InChI is InChI=1S/C8H12F2N2O/c9-8(10)1-6(2-8)12-7(13)5-3-11-4-5/h5-6,11H,1-4H2,(H,12,13). The van der Waals surface area contributed by atoms with Crippen LogP contribution in [0.2, 0.25) is 0 Å². The summed E-state index contributed by atoms with van der Waals surface area (Å²) < 4.78 is 24.7. The third-order valence-corrected chi connectivity index (χ3v) is 2.59. The monoisotopic (exact) mass is 190 g/mol. The minimum Gasteiger partial charge on any atom is -0.353 e. The van der Waals surface area contributed by atoms with Crippen molar-refractivity contribution in [2.45, 2.75) is 24.8 Å². The molecule has 74 valence electrons. The summed E-state index contributed by atoms with van der Waals surface area (Å²) in [7, 11) is 0. The molecule has 0 spiro atoms. The number of carbonyl (C=O) groups excluding carboxylic acids is 1. The van der Waals surface area contributed by atoms with Crippen LogP contribution in [0.4, 0.5) is 8.78 Å². The fourth-order valence-electron chi connectivity index (χ4n) is 1.56. The van der Waals surface area contributed by atoms with Crippen LogP contribution in [-0.4, -0.2) is 31.0 Å². The third kappa shape index (κ3) is 1.80. The molecule has 1 heterocycles. The first kappa shape index (κ1) is 8.87. The largest absolute Gasteiger partial charge is 0.353 e. The average molecular weight is 190 g/mol. The van der Waals surface area contributed by atoms with E-state index in [0.717, 1.165) is 0 Å². The molecule has 0 aromatic rings. The topological polar surface area (TPSA) is 41.1 Å². The molecule has 1 saturated heterocycles. The quantitative estimate of drug-likeness (QED) is 0.649.